The van der Waals surface area contributed by atoms with Crippen molar-refractivity contribution >= 4 is 35.8 Å². The lowest BCUT2D eigenvalue weighted by molar-refractivity contribution is -0.119. The molecule has 0 aromatic heterocycles. The average Bonchev–Trinajstić information content (AvgIpc) is 2.54. The second-order valence-electron chi connectivity index (χ2n) is 7.71. The lowest BCUT2D eigenvalue weighted by Gasteiger charge is -2.38. The molecule has 146 valence electrons. The Labute approximate surface area is 169 Å². The molecule has 1 heterocycles. The number of nitrogens with two attached hydrogens (primary N) is 1. The summed E-state index contributed by atoms with van der Waals surface area (Å²) in [6, 6.07) is 0. The van der Waals surface area contributed by atoms with Crippen molar-refractivity contribution in [1.82, 2.24) is 10.2 Å². The molecule has 0 aromatic carbocycles. The number of halogens is 1. The van der Waals surface area contributed by atoms with Gasteiger partial charge in [-0.1, -0.05) is 19.8 Å². The molecule has 3 unspecified atom stereocenters. The van der Waals surface area contributed by atoms with Crippen LogP contribution in [-0.4, -0.2) is 54.2 Å². The van der Waals surface area contributed by atoms with Gasteiger partial charge in [0.05, 0.1) is 12.6 Å². The van der Waals surface area contributed by atoms with E-state index < -0.39 is 0 Å². The summed E-state index contributed by atoms with van der Waals surface area (Å²) >= 11 is 0. The molecular formula is C18H35IN4O2. The van der Waals surface area contributed by atoms with Crippen LogP contribution in [0.5, 0.6) is 0 Å². The molecular weight excluding hydrogens is 431 g/mol. The van der Waals surface area contributed by atoms with Crippen LogP contribution in [0, 0.1) is 11.3 Å². The number of likely N-dealkylation sites (tertiary alicyclic amines) is 1. The first-order valence-corrected chi connectivity index (χ1v) is 9.44. The largest absolute Gasteiger partial charge is 0.392 e. The van der Waals surface area contributed by atoms with E-state index in [4.69, 9.17) is 10.7 Å². The van der Waals surface area contributed by atoms with Gasteiger partial charge >= 0.3 is 0 Å². The van der Waals surface area contributed by atoms with Crippen molar-refractivity contribution < 1.29 is 9.90 Å². The summed E-state index contributed by atoms with van der Waals surface area (Å²) in [7, 11) is 0. The van der Waals surface area contributed by atoms with E-state index in [0.717, 1.165) is 57.7 Å². The number of carbonyl (C=O) groups is 1. The van der Waals surface area contributed by atoms with Gasteiger partial charge in [0.1, 0.15) is 0 Å². The van der Waals surface area contributed by atoms with Crippen molar-refractivity contribution in [1.29, 1.82) is 0 Å². The first kappa shape index (κ1) is 22.5. The molecule has 0 radical (unpaired) electrons. The van der Waals surface area contributed by atoms with E-state index in [1.165, 1.54) is 6.42 Å². The Hall–Kier alpha value is -0.570. The number of nitrogens with zero attached hydrogens (tertiary/aromatic N) is 2. The number of nitrogens with one attached hydrogen (secondary N) is 1. The minimum Gasteiger partial charge on any atom is -0.392 e. The highest BCUT2D eigenvalue weighted by Gasteiger charge is 2.35. The van der Waals surface area contributed by atoms with E-state index in [0.29, 0.717) is 18.9 Å². The maximum Gasteiger partial charge on any atom is 0.217 e. The molecule has 2 rings (SSSR count). The van der Waals surface area contributed by atoms with Crippen molar-refractivity contribution in [3.8, 4) is 0 Å². The molecule has 0 bridgehead atoms. The number of rotatable bonds is 5. The summed E-state index contributed by atoms with van der Waals surface area (Å²) in [5, 5.41) is 13.7. The third-order valence-corrected chi connectivity index (χ3v) is 5.51. The number of piperidine rings is 1. The highest BCUT2D eigenvalue weighted by Crippen LogP contribution is 2.36. The molecule has 1 saturated heterocycles. The maximum atomic E-state index is 11.2. The number of hydrogen-bond donors (Lipinski definition) is 3. The lowest BCUT2D eigenvalue weighted by atomic mass is 9.73. The van der Waals surface area contributed by atoms with Gasteiger partial charge < -0.3 is 21.1 Å². The van der Waals surface area contributed by atoms with Crippen LogP contribution in [0.2, 0.25) is 0 Å². The summed E-state index contributed by atoms with van der Waals surface area (Å²) in [4.78, 5) is 18.3. The van der Waals surface area contributed by atoms with Gasteiger partial charge in [-0.3, -0.25) is 9.79 Å². The van der Waals surface area contributed by atoms with Crippen LogP contribution in [0.3, 0.4) is 0 Å². The van der Waals surface area contributed by atoms with Crippen LogP contribution in [0.4, 0.5) is 0 Å². The molecule has 2 fully saturated rings. The van der Waals surface area contributed by atoms with Crippen LogP contribution < -0.4 is 11.1 Å². The summed E-state index contributed by atoms with van der Waals surface area (Å²) in [6.07, 6.45) is 6.49. The molecule has 0 aromatic rings. The second kappa shape index (κ2) is 10.5. The van der Waals surface area contributed by atoms with Gasteiger partial charge in [0.2, 0.25) is 5.91 Å². The van der Waals surface area contributed by atoms with E-state index in [1.54, 1.807) is 0 Å². The third kappa shape index (κ3) is 6.58. The molecule has 25 heavy (non-hydrogen) atoms. The Bertz CT molecular complexity index is 460. The average molecular weight is 466 g/mol. The maximum absolute atomic E-state index is 11.2. The van der Waals surface area contributed by atoms with Gasteiger partial charge in [-0.25, -0.2) is 0 Å². The minimum atomic E-state index is -0.262. The Kier molecular flexibility index (Phi) is 9.48. The van der Waals surface area contributed by atoms with Crippen LogP contribution >= 0.6 is 24.0 Å². The Balaban J connectivity index is 0.00000312. The van der Waals surface area contributed by atoms with Gasteiger partial charge in [0.25, 0.3) is 0 Å². The summed E-state index contributed by atoms with van der Waals surface area (Å²) in [5.41, 5.74) is 5.24. The molecule has 2 aliphatic rings. The number of aliphatic imine (C=N–C) groups is 1. The van der Waals surface area contributed by atoms with Gasteiger partial charge in [-0.2, -0.15) is 0 Å². The molecule has 1 aliphatic heterocycles. The van der Waals surface area contributed by atoms with Gasteiger partial charge in [-0.15, -0.1) is 24.0 Å². The lowest BCUT2D eigenvalue weighted by Crippen LogP contribution is -2.48. The van der Waals surface area contributed by atoms with Crippen molar-refractivity contribution in [2.24, 2.45) is 22.1 Å². The van der Waals surface area contributed by atoms with E-state index in [1.807, 2.05) is 0 Å². The molecule has 0 spiro atoms. The fraction of sp³-hybridized carbons (Fsp3) is 0.889. The zero-order valence-corrected chi connectivity index (χ0v) is 18.0. The van der Waals surface area contributed by atoms with Gasteiger partial charge in [-0.05, 0) is 38.5 Å². The Morgan fingerprint density at radius 1 is 1.36 bits per heavy atom. The zero-order valence-electron chi connectivity index (χ0n) is 15.7. The van der Waals surface area contributed by atoms with Crippen molar-refractivity contribution in [2.45, 2.75) is 64.9 Å². The normalized spacial score (nSPS) is 30.5. The number of guanidine groups is 1. The number of amides is 1. The predicted octanol–water partition coefficient (Wildman–Crippen LogP) is 2.10. The number of carbonyl (C=O) groups excluding carboxylic acids is 1. The van der Waals surface area contributed by atoms with Crippen LogP contribution in [0.1, 0.15) is 58.8 Å². The highest BCUT2D eigenvalue weighted by molar-refractivity contribution is 14.0. The Morgan fingerprint density at radius 2 is 2.12 bits per heavy atom. The fourth-order valence-electron chi connectivity index (χ4n) is 3.96. The summed E-state index contributed by atoms with van der Waals surface area (Å²) < 4.78 is 0. The number of hydrogen-bond acceptors (Lipinski definition) is 3. The van der Waals surface area contributed by atoms with Crippen molar-refractivity contribution in [3.63, 3.8) is 0 Å². The van der Waals surface area contributed by atoms with Gasteiger partial charge in [0, 0.05) is 31.5 Å². The van der Waals surface area contributed by atoms with Crippen molar-refractivity contribution in [3.05, 3.63) is 0 Å². The Morgan fingerprint density at radius 3 is 2.76 bits per heavy atom. The van der Waals surface area contributed by atoms with E-state index in [9.17, 15) is 9.90 Å². The van der Waals surface area contributed by atoms with Crippen LogP contribution in [0.15, 0.2) is 4.99 Å². The van der Waals surface area contributed by atoms with E-state index in [2.05, 4.69) is 24.1 Å². The monoisotopic (exact) mass is 466 g/mol. The third-order valence-electron chi connectivity index (χ3n) is 5.51. The smallest absolute Gasteiger partial charge is 0.217 e. The predicted molar refractivity (Wildman–Crippen MR) is 112 cm³/mol. The zero-order chi connectivity index (χ0) is 17.6. The quantitative estimate of drug-likeness (QED) is 0.329. The van der Waals surface area contributed by atoms with Crippen LogP contribution in [0.25, 0.3) is 0 Å². The first-order chi connectivity index (χ1) is 11.4. The van der Waals surface area contributed by atoms with Gasteiger partial charge in [0.15, 0.2) is 5.96 Å². The SMILES string of the molecule is CCNC(=NCC1(C)CCCCC1O)N1CCCC(CC(N)=O)C1.I. The molecule has 3 atom stereocenters. The molecule has 1 amide bonds. The molecule has 7 heteroatoms. The number of primary amides is 1. The molecule has 6 nitrogen and oxygen atoms in total. The summed E-state index contributed by atoms with van der Waals surface area (Å²) in [6.45, 7) is 7.46. The topological polar surface area (TPSA) is 91.0 Å². The summed E-state index contributed by atoms with van der Waals surface area (Å²) in [5.74, 6) is 1.00. The first-order valence-electron chi connectivity index (χ1n) is 9.44. The standard InChI is InChI=1S/C18H34N4O2.HI/c1-3-20-17(21-13-18(2)9-5-4-8-15(18)23)22-10-6-7-14(12-22)11-16(19)24;/h14-15,23H,3-13H2,1-2H3,(H2,19,24)(H,20,21);1H. The number of aliphatic hydroxyl groups is 1. The number of aliphatic hydroxyl groups excluding tert-OH is 1. The van der Waals surface area contributed by atoms with E-state index in [-0.39, 0.29) is 41.4 Å². The van der Waals surface area contributed by atoms with E-state index >= 15 is 0 Å². The fourth-order valence-corrected chi connectivity index (χ4v) is 3.96. The molecule has 1 saturated carbocycles. The van der Waals surface area contributed by atoms with Crippen LogP contribution in [-0.2, 0) is 4.79 Å². The minimum absolute atomic E-state index is 0. The highest BCUT2D eigenvalue weighted by atomic mass is 127. The van der Waals surface area contributed by atoms with Crippen molar-refractivity contribution in [2.75, 3.05) is 26.2 Å². The molecule has 1 aliphatic carbocycles. The molecule has 4 N–H and O–H groups in total. The second-order valence-corrected chi connectivity index (χ2v) is 7.71.